The van der Waals surface area contributed by atoms with E-state index >= 15 is 0 Å². The predicted molar refractivity (Wildman–Crippen MR) is 72.2 cm³/mol. The monoisotopic (exact) mass is 250 g/mol. The Kier molecular flexibility index (Phi) is 4.07. The standard InChI is InChI=1S/C13H18N2OS/c1-17-12-5-3-2-4-11(12)15-13(16)9-6-7-10(14)8-9/h2-5,9-10H,6-8,14H2,1H3,(H,15,16). The van der Waals surface area contributed by atoms with Crippen molar-refractivity contribution in [3.63, 3.8) is 0 Å². The quantitative estimate of drug-likeness (QED) is 0.810. The Morgan fingerprint density at radius 2 is 2.18 bits per heavy atom. The van der Waals surface area contributed by atoms with Gasteiger partial charge in [-0.15, -0.1) is 11.8 Å². The van der Waals surface area contributed by atoms with E-state index in [1.165, 1.54) is 0 Å². The van der Waals surface area contributed by atoms with Gasteiger partial charge < -0.3 is 11.1 Å². The van der Waals surface area contributed by atoms with Crippen molar-refractivity contribution in [3.8, 4) is 0 Å². The van der Waals surface area contributed by atoms with E-state index in [0.29, 0.717) is 0 Å². The Labute approximate surface area is 106 Å². The molecule has 1 fully saturated rings. The maximum Gasteiger partial charge on any atom is 0.227 e. The van der Waals surface area contributed by atoms with E-state index in [1.54, 1.807) is 11.8 Å². The third kappa shape index (κ3) is 3.01. The van der Waals surface area contributed by atoms with Gasteiger partial charge in [0.25, 0.3) is 0 Å². The maximum atomic E-state index is 12.1. The maximum absolute atomic E-state index is 12.1. The highest BCUT2D eigenvalue weighted by molar-refractivity contribution is 7.98. The number of nitrogens with two attached hydrogens (primary N) is 1. The first-order valence-corrected chi connectivity index (χ1v) is 7.12. The van der Waals surface area contributed by atoms with E-state index in [0.717, 1.165) is 29.8 Å². The number of hydrogen-bond donors (Lipinski definition) is 2. The van der Waals surface area contributed by atoms with Crippen molar-refractivity contribution in [2.45, 2.75) is 30.2 Å². The number of rotatable bonds is 3. The van der Waals surface area contributed by atoms with E-state index in [1.807, 2.05) is 30.5 Å². The van der Waals surface area contributed by atoms with Gasteiger partial charge in [-0.25, -0.2) is 0 Å². The Morgan fingerprint density at radius 3 is 2.82 bits per heavy atom. The molecule has 1 saturated carbocycles. The van der Waals surface area contributed by atoms with E-state index in [2.05, 4.69) is 5.32 Å². The van der Waals surface area contributed by atoms with Crippen LogP contribution in [0.15, 0.2) is 29.2 Å². The predicted octanol–water partition coefficient (Wildman–Crippen LogP) is 2.47. The second-order valence-electron chi connectivity index (χ2n) is 4.46. The van der Waals surface area contributed by atoms with Gasteiger partial charge in [-0.05, 0) is 37.7 Å². The first kappa shape index (κ1) is 12.5. The molecule has 92 valence electrons. The fraction of sp³-hybridized carbons (Fsp3) is 0.462. The number of nitrogens with one attached hydrogen (secondary N) is 1. The van der Waals surface area contributed by atoms with Crippen LogP contribution in [-0.2, 0) is 4.79 Å². The summed E-state index contributed by atoms with van der Waals surface area (Å²) in [5, 5.41) is 3.01. The molecule has 0 heterocycles. The number of amides is 1. The summed E-state index contributed by atoms with van der Waals surface area (Å²) in [5.41, 5.74) is 6.74. The highest BCUT2D eigenvalue weighted by Crippen LogP contribution is 2.28. The van der Waals surface area contributed by atoms with Gasteiger partial charge in [0.2, 0.25) is 5.91 Å². The zero-order valence-electron chi connectivity index (χ0n) is 9.98. The van der Waals surface area contributed by atoms with Crippen LogP contribution in [-0.4, -0.2) is 18.2 Å². The average Bonchev–Trinajstić information content (AvgIpc) is 2.77. The Bertz CT molecular complexity index is 408. The molecule has 1 aromatic rings. The van der Waals surface area contributed by atoms with Crippen LogP contribution in [0.1, 0.15) is 19.3 Å². The van der Waals surface area contributed by atoms with Crippen molar-refractivity contribution in [2.24, 2.45) is 11.7 Å². The number of carbonyl (C=O) groups excluding carboxylic acids is 1. The molecule has 3 nitrogen and oxygen atoms in total. The van der Waals surface area contributed by atoms with Crippen LogP contribution in [0.5, 0.6) is 0 Å². The van der Waals surface area contributed by atoms with Crippen LogP contribution in [0.2, 0.25) is 0 Å². The molecule has 0 aliphatic heterocycles. The lowest BCUT2D eigenvalue weighted by atomic mass is 10.1. The largest absolute Gasteiger partial charge is 0.328 e. The molecule has 17 heavy (non-hydrogen) atoms. The lowest BCUT2D eigenvalue weighted by Crippen LogP contribution is -2.23. The highest BCUT2D eigenvalue weighted by atomic mass is 32.2. The third-order valence-corrected chi connectivity index (χ3v) is 4.00. The van der Waals surface area contributed by atoms with Crippen molar-refractivity contribution < 1.29 is 4.79 Å². The zero-order chi connectivity index (χ0) is 12.3. The van der Waals surface area contributed by atoms with Gasteiger partial charge in [0.05, 0.1) is 5.69 Å². The number of benzene rings is 1. The molecule has 2 rings (SSSR count). The molecule has 1 aliphatic carbocycles. The van der Waals surface area contributed by atoms with Gasteiger partial charge in [0.15, 0.2) is 0 Å². The molecular formula is C13H18N2OS. The molecular weight excluding hydrogens is 232 g/mol. The number of anilines is 1. The topological polar surface area (TPSA) is 55.1 Å². The minimum atomic E-state index is 0.0833. The number of para-hydroxylation sites is 1. The summed E-state index contributed by atoms with van der Waals surface area (Å²) in [4.78, 5) is 13.2. The van der Waals surface area contributed by atoms with Crippen LogP contribution in [0.3, 0.4) is 0 Å². The van der Waals surface area contributed by atoms with Crippen molar-refractivity contribution >= 4 is 23.4 Å². The van der Waals surface area contributed by atoms with Crippen molar-refractivity contribution in [1.29, 1.82) is 0 Å². The molecule has 0 radical (unpaired) electrons. The average molecular weight is 250 g/mol. The number of thioether (sulfide) groups is 1. The second-order valence-corrected chi connectivity index (χ2v) is 5.31. The highest BCUT2D eigenvalue weighted by Gasteiger charge is 2.27. The van der Waals surface area contributed by atoms with Gasteiger partial charge in [-0.1, -0.05) is 12.1 Å². The molecule has 1 aliphatic rings. The van der Waals surface area contributed by atoms with Gasteiger partial charge in [-0.3, -0.25) is 4.79 Å². The summed E-state index contributed by atoms with van der Waals surface area (Å²) in [6.07, 6.45) is 4.69. The Balaban J connectivity index is 2.03. The van der Waals surface area contributed by atoms with E-state index < -0.39 is 0 Å². The second kappa shape index (κ2) is 5.56. The Morgan fingerprint density at radius 1 is 1.41 bits per heavy atom. The minimum absolute atomic E-state index is 0.0833. The SMILES string of the molecule is CSc1ccccc1NC(=O)C1CCC(N)C1. The molecule has 0 saturated heterocycles. The van der Waals surface area contributed by atoms with E-state index in [9.17, 15) is 4.79 Å². The fourth-order valence-electron chi connectivity index (χ4n) is 2.24. The van der Waals surface area contributed by atoms with Crippen molar-refractivity contribution in [1.82, 2.24) is 0 Å². The van der Waals surface area contributed by atoms with E-state index in [-0.39, 0.29) is 17.9 Å². The lowest BCUT2D eigenvalue weighted by molar-refractivity contribution is -0.119. The third-order valence-electron chi connectivity index (χ3n) is 3.21. The summed E-state index contributed by atoms with van der Waals surface area (Å²) in [6.45, 7) is 0. The van der Waals surface area contributed by atoms with Crippen LogP contribution < -0.4 is 11.1 Å². The smallest absolute Gasteiger partial charge is 0.227 e. The molecule has 0 bridgehead atoms. The first-order valence-electron chi connectivity index (χ1n) is 5.90. The molecule has 4 heteroatoms. The van der Waals surface area contributed by atoms with Crippen molar-refractivity contribution in [2.75, 3.05) is 11.6 Å². The van der Waals surface area contributed by atoms with Crippen LogP contribution in [0, 0.1) is 5.92 Å². The molecule has 3 N–H and O–H groups in total. The molecule has 0 spiro atoms. The summed E-state index contributed by atoms with van der Waals surface area (Å²) in [7, 11) is 0. The molecule has 1 amide bonds. The van der Waals surface area contributed by atoms with Gasteiger partial charge >= 0.3 is 0 Å². The van der Waals surface area contributed by atoms with Gasteiger partial charge in [0.1, 0.15) is 0 Å². The summed E-state index contributed by atoms with van der Waals surface area (Å²) in [6, 6.07) is 8.07. The molecule has 1 aromatic carbocycles. The number of carbonyl (C=O) groups is 1. The summed E-state index contributed by atoms with van der Waals surface area (Å²) < 4.78 is 0. The first-order chi connectivity index (χ1) is 8.20. The van der Waals surface area contributed by atoms with Gasteiger partial charge in [0, 0.05) is 16.9 Å². The molecule has 2 atom stereocenters. The van der Waals surface area contributed by atoms with Crippen LogP contribution in [0.25, 0.3) is 0 Å². The summed E-state index contributed by atoms with van der Waals surface area (Å²) >= 11 is 1.64. The Hall–Kier alpha value is -1.00. The molecule has 0 aromatic heterocycles. The molecule has 2 unspecified atom stereocenters. The zero-order valence-corrected chi connectivity index (χ0v) is 10.8. The van der Waals surface area contributed by atoms with Crippen molar-refractivity contribution in [3.05, 3.63) is 24.3 Å². The minimum Gasteiger partial charge on any atom is -0.328 e. The van der Waals surface area contributed by atoms with Crippen LogP contribution in [0.4, 0.5) is 5.69 Å². The van der Waals surface area contributed by atoms with Crippen LogP contribution >= 0.6 is 11.8 Å². The fourth-order valence-corrected chi connectivity index (χ4v) is 2.79. The normalized spacial score (nSPS) is 23.6. The number of hydrogen-bond acceptors (Lipinski definition) is 3. The summed E-state index contributed by atoms with van der Waals surface area (Å²) in [5.74, 6) is 0.194. The van der Waals surface area contributed by atoms with Gasteiger partial charge in [-0.2, -0.15) is 0 Å². The lowest BCUT2D eigenvalue weighted by Gasteiger charge is -2.13. The van der Waals surface area contributed by atoms with E-state index in [4.69, 9.17) is 5.73 Å².